The fourth-order valence-corrected chi connectivity index (χ4v) is 2.65. The molecule has 18 heavy (non-hydrogen) atoms. The minimum atomic E-state index is -3.52. The molecule has 0 aliphatic carbocycles. The lowest BCUT2D eigenvalue weighted by molar-refractivity contribution is 0.0969. The van der Waals surface area contributed by atoms with Gasteiger partial charge in [-0.3, -0.25) is 4.79 Å². The molecular formula is C11H17N3O3S. The van der Waals surface area contributed by atoms with Crippen LogP contribution in [0.25, 0.3) is 0 Å². The second-order valence-corrected chi connectivity index (χ2v) is 6.23. The molecule has 2 rings (SSSR count). The normalized spacial score (nSPS) is 17.6. The van der Waals surface area contributed by atoms with E-state index in [1.807, 2.05) is 15.5 Å². The molecule has 0 atom stereocenters. The lowest BCUT2D eigenvalue weighted by Gasteiger charge is -2.25. The Morgan fingerprint density at radius 1 is 1.44 bits per heavy atom. The second-order valence-electron chi connectivity index (χ2n) is 4.49. The van der Waals surface area contributed by atoms with E-state index in [9.17, 15) is 13.2 Å². The number of piperidine rings is 1. The van der Waals surface area contributed by atoms with E-state index in [1.54, 1.807) is 12.1 Å². The molecule has 1 fully saturated rings. The first-order valence-electron chi connectivity index (χ1n) is 5.87. The molecule has 0 saturated carbocycles. The molecule has 6 nitrogen and oxygen atoms in total. The van der Waals surface area contributed by atoms with E-state index >= 15 is 0 Å². The highest BCUT2D eigenvalue weighted by Crippen LogP contribution is 2.21. The van der Waals surface area contributed by atoms with E-state index in [4.69, 9.17) is 0 Å². The summed E-state index contributed by atoms with van der Waals surface area (Å²) in [4.78, 5) is 11.9. The first kappa shape index (κ1) is 13.1. The zero-order chi connectivity index (χ0) is 13.2. The summed E-state index contributed by atoms with van der Waals surface area (Å²) in [5.41, 5.74) is 0.396. The van der Waals surface area contributed by atoms with E-state index in [2.05, 4.69) is 5.32 Å². The van der Waals surface area contributed by atoms with E-state index in [0.29, 0.717) is 5.69 Å². The molecule has 1 aromatic rings. The SMILES string of the molecule is CS(=O)(=O)NC(=O)c1cccn1C1CCNCC1. The van der Waals surface area contributed by atoms with Crippen molar-refractivity contribution in [3.63, 3.8) is 0 Å². The van der Waals surface area contributed by atoms with Crippen LogP contribution in [0.5, 0.6) is 0 Å². The van der Waals surface area contributed by atoms with Crippen LogP contribution in [0.2, 0.25) is 0 Å². The van der Waals surface area contributed by atoms with Crippen molar-refractivity contribution in [2.45, 2.75) is 18.9 Å². The Bertz CT molecular complexity index is 529. The van der Waals surface area contributed by atoms with E-state index < -0.39 is 15.9 Å². The molecule has 1 aliphatic heterocycles. The van der Waals surface area contributed by atoms with Gasteiger partial charge in [-0.2, -0.15) is 0 Å². The fraction of sp³-hybridized carbons (Fsp3) is 0.545. The minimum Gasteiger partial charge on any atom is -0.340 e. The van der Waals surface area contributed by atoms with Crippen LogP contribution >= 0.6 is 0 Å². The summed E-state index contributed by atoms with van der Waals surface area (Å²) in [5.74, 6) is -0.568. The van der Waals surface area contributed by atoms with Crippen molar-refractivity contribution in [2.75, 3.05) is 19.3 Å². The maximum absolute atomic E-state index is 11.9. The zero-order valence-electron chi connectivity index (χ0n) is 10.2. The third kappa shape index (κ3) is 3.11. The lowest BCUT2D eigenvalue weighted by Crippen LogP contribution is -2.34. The first-order chi connectivity index (χ1) is 8.47. The molecule has 0 aromatic carbocycles. The van der Waals surface area contributed by atoms with Crippen molar-refractivity contribution in [2.24, 2.45) is 0 Å². The van der Waals surface area contributed by atoms with E-state index in [-0.39, 0.29) is 6.04 Å². The summed E-state index contributed by atoms with van der Waals surface area (Å²) in [6.07, 6.45) is 4.68. The third-order valence-corrected chi connectivity index (χ3v) is 3.55. The Balaban J connectivity index is 2.19. The average Bonchev–Trinajstić information content (AvgIpc) is 2.76. The van der Waals surface area contributed by atoms with Crippen LogP contribution in [0.3, 0.4) is 0 Å². The summed E-state index contributed by atoms with van der Waals surface area (Å²) in [7, 11) is -3.52. The summed E-state index contributed by atoms with van der Waals surface area (Å²) in [6, 6.07) is 3.66. The maximum Gasteiger partial charge on any atom is 0.281 e. The van der Waals surface area contributed by atoms with Crippen molar-refractivity contribution in [1.29, 1.82) is 0 Å². The number of rotatable bonds is 3. The number of nitrogens with zero attached hydrogens (tertiary/aromatic N) is 1. The van der Waals surface area contributed by atoms with Gasteiger partial charge in [-0.15, -0.1) is 0 Å². The molecule has 2 N–H and O–H groups in total. The molecule has 0 spiro atoms. The highest BCUT2D eigenvalue weighted by atomic mass is 32.2. The van der Waals surface area contributed by atoms with Gasteiger partial charge < -0.3 is 9.88 Å². The van der Waals surface area contributed by atoms with Crippen LogP contribution in [-0.4, -0.2) is 38.2 Å². The van der Waals surface area contributed by atoms with E-state index in [1.165, 1.54) is 0 Å². The highest BCUT2D eigenvalue weighted by Gasteiger charge is 2.21. The van der Waals surface area contributed by atoms with Crippen LogP contribution in [0, 0.1) is 0 Å². The van der Waals surface area contributed by atoms with Gasteiger partial charge in [0.1, 0.15) is 5.69 Å². The van der Waals surface area contributed by atoms with Gasteiger partial charge in [0.25, 0.3) is 5.91 Å². The van der Waals surface area contributed by atoms with Crippen LogP contribution in [0.15, 0.2) is 18.3 Å². The predicted octanol–water partition coefficient (Wildman–Crippen LogP) is 0.102. The van der Waals surface area contributed by atoms with Gasteiger partial charge in [0.05, 0.1) is 6.26 Å². The van der Waals surface area contributed by atoms with Gasteiger partial charge >= 0.3 is 0 Å². The fourth-order valence-electron chi connectivity index (χ4n) is 2.21. The van der Waals surface area contributed by atoms with Gasteiger partial charge in [-0.05, 0) is 38.1 Å². The second kappa shape index (κ2) is 5.11. The standard InChI is InChI=1S/C11H17N3O3S/c1-18(16,17)13-11(15)10-3-2-8-14(10)9-4-6-12-7-5-9/h2-3,8-9,12H,4-7H2,1H3,(H,13,15). The molecule has 100 valence electrons. The number of aromatic nitrogens is 1. The number of amides is 1. The Kier molecular flexibility index (Phi) is 3.72. The van der Waals surface area contributed by atoms with Gasteiger partial charge in [0, 0.05) is 12.2 Å². The van der Waals surface area contributed by atoms with Crippen molar-refractivity contribution in [3.8, 4) is 0 Å². The molecular weight excluding hydrogens is 254 g/mol. The maximum atomic E-state index is 11.9. The van der Waals surface area contributed by atoms with E-state index in [0.717, 1.165) is 32.2 Å². The Hall–Kier alpha value is -1.34. The summed E-state index contributed by atoms with van der Waals surface area (Å²) in [6.45, 7) is 1.83. The first-order valence-corrected chi connectivity index (χ1v) is 7.76. The van der Waals surface area contributed by atoms with Crippen molar-refractivity contribution in [3.05, 3.63) is 24.0 Å². The van der Waals surface area contributed by atoms with Crippen LogP contribution in [0.4, 0.5) is 0 Å². The van der Waals surface area contributed by atoms with Gasteiger partial charge in [0.15, 0.2) is 0 Å². The smallest absolute Gasteiger partial charge is 0.281 e. The molecule has 0 unspecified atom stereocenters. The molecule has 1 aromatic heterocycles. The summed E-state index contributed by atoms with van der Waals surface area (Å²) in [5, 5.41) is 3.25. The largest absolute Gasteiger partial charge is 0.340 e. The molecule has 7 heteroatoms. The Morgan fingerprint density at radius 3 is 2.72 bits per heavy atom. The molecule has 2 heterocycles. The number of hydrogen-bond donors (Lipinski definition) is 2. The van der Waals surface area contributed by atoms with Crippen LogP contribution < -0.4 is 10.0 Å². The van der Waals surface area contributed by atoms with Gasteiger partial charge in [-0.1, -0.05) is 0 Å². The van der Waals surface area contributed by atoms with Crippen LogP contribution in [0.1, 0.15) is 29.4 Å². The predicted molar refractivity (Wildman–Crippen MR) is 67.9 cm³/mol. The van der Waals surface area contributed by atoms with Gasteiger partial charge in [0.2, 0.25) is 10.0 Å². The zero-order valence-corrected chi connectivity index (χ0v) is 11.0. The average molecular weight is 271 g/mol. The van der Waals surface area contributed by atoms with Crippen LogP contribution in [-0.2, 0) is 10.0 Å². The molecule has 0 radical (unpaired) electrons. The Labute approximate surface area is 106 Å². The van der Waals surface area contributed by atoms with Crippen molar-refractivity contribution < 1.29 is 13.2 Å². The number of sulfonamides is 1. The molecule has 1 aliphatic rings. The lowest BCUT2D eigenvalue weighted by atomic mass is 10.1. The summed E-state index contributed by atoms with van der Waals surface area (Å²) >= 11 is 0. The minimum absolute atomic E-state index is 0.251. The number of hydrogen-bond acceptors (Lipinski definition) is 4. The topological polar surface area (TPSA) is 80.2 Å². The monoisotopic (exact) mass is 271 g/mol. The molecule has 1 amide bonds. The van der Waals surface area contributed by atoms with Crippen molar-refractivity contribution >= 4 is 15.9 Å². The number of nitrogens with one attached hydrogen (secondary N) is 2. The molecule has 1 saturated heterocycles. The van der Waals surface area contributed by atoms with Crippen molar-refractivity contribution in [1.82, 2.24) is 14.6 Å². The number of carbonyl (C=O) groups excluding carboxylic acids is 1. The highest BCUT2D eigenvalue weighted by molar-refractivity contribution is 7.89. The quantitative estimate of drug-likeness (QED) is 0.817. The number of carbonyl (C=O) groups is 1. The van der Waals surface area contributed by atoms with Gasteiger partial charge in [-0.25, -0.2) is 13.1 Å². The summed E-state index contributed by atoms with van der Waals surface area (Å²) < 4.78 is 26.0. The molecule has 0 bridgehead atoms. The Morgan fingerprint density at radius 2 is 2.11 bits per heavy atom. The third-order valence-electron chi connectivity index (χ3n) is 2.99.